The van der Waals surface area contributed by atoms with Crippen molar-refractivity contribution < 1.29 is 9.72 Å². The first-order chi connectivity index (χ1) is 13.6. The zero-order chi connectivity index (χ0) is 19.5. The highest BCUT2D eigenvalue weighted by molar-refractivity contribution is 7.21. The molecule has 1 heterocycles. The van der Waals surface area contributed by atoms with Crippen LogP contribution in [0.3, 0.4) is 0 Å². The third-order valence-electron chi connectivity index (χ3n) is 4.24. The second-order valence-electron chi connectivity index (χ2n) is 6.11. The maximum Gasteiger partial charge on any atom is 0.269 e. The van der Waals surface area contributed by atoms with E-state index in [0.717, 1.165) is 26.4 Å². The third-order valence-corrected chi connectivity index (χ3v) is 5.33. The van der Waals surface area contributed by atoms with Gasteiger partial charge in [0.1, 0.15) is 5.01 Å². The first-order valence-electron chi connectivity index (χ1n) is 8.53. The minimum Gasteiger partial charge on any atom is -0.289 e. The molecule has 3 aromatic carbocycles. The number of fused-ring (bicyclic) bond motifs is 1. The van der Waals surface area contributed by atoms with Gasteiger partial charge in [-0.3, -0.25) is 14.9 Å². The Labute approximate surface area is 164 Å². The second kappa shape index (κ2) is 7.54. The normalized spacial score (nSPS) is 11.1. The summed E-state index contributed by atoms with van der Waals surface area (Å²) < 4.78 is 1.13. The van der Waals surface area contributed by atoms with E-state index in [0.29, 0.717) is 5.56 Å². The van der Waals surface area contributed by atoms with Crippen molar-refractivity contribution in [1.29, 1.82) is 0 Å². The van der Waals surface area contributed by atoms with Crippen LogP contribution in [0.4, 0.5) is 5.69 Å². The van der Waals surface area contributed by atoms with Crippen molar-refractivity contribution in [3.63, 3.8) is 0 Å². The molecule has 0 saturated heterocycles. The SMILES string of the molecule is O=C(C=Cc1ccc([N+](=O)[O-])cc1)c1ccc(-c2nc3ccccc3s2)cc1. The van der Waals surface area contributed by atoms with Gasteiger partial charge in [-0.05, 0) is 35.9 Å². The number of nitro benzene ring substituents is 1. The molecule has 0 aliphatic rings. The zero-order valence-corrected chi connectivity index (χ0v) is 15.4. The number of carbonyl (C=O) groups is 1. The summed E-state index contributed by atoms with van der Waals surface area (Å²) in [7, 11) is 0. The van der Waals surface area contributed by atoms with Crippen LogP contribution in [0.25, 0.3) is 26.9 Å². The molecule has 0 bridgehead atoms. The molecule has 0 aliphatic heterocycles. The van der Waals surface area contributed by atoms with Crippen LogP contribution in [0.2, 0.25) is 0 Å². The molecular weight excluding hydrogens is 372 g/mol. The first kappa shape index (κ1) is 17.8. The summed E-state index contributed by atoms with van der Waals surface area (Å²) in [5, 5.41) is 11.6. The molecule has 4 aromatic rings. The van der Waals surface area contributed by atoms with Crippen LogP contribution < -0.4 is 0 Å². The molecule has 0 aliphatic carbocycles. The van der Waals surface area contributed by atoms with Crippen molar-refractivity contribution in [3.8, 4) is 10.6 Å². The standard InChI is InChI=1S/C22H14N2O3S/c25-20(14-7-15-5-12-18(13-6-15)24(26)27)16-8-10-17(11-9-16)22-23-19-3-1-2-4-21(19)28-22/h1-14H. The molecule has 28 heavy (non-hydrogen) atoms. The highest BCUT2D eigenvalue weighted by atomic mass is 32.1. The van der Waals surface area contributed by atoms with E-state index in [1.165, 1.54) is 18.2 Å². The number of nitro groups is 1. The highest BCUT2D eigenvalue weighted by Crippen LogP contribution is 2.30. The lowest BCUT2D eigenvalue weighted by Crippen LogP contribution is -1.93. The van der Waals surface area contributed by atoms with Crippen LogP contribution in [0.5, 0.6) is 0 Å². The Morgan fingerprint density at radius 2 is 1.68 bits per heavy atom. The van der Waals surface area contributed by atoms with Gasteiger partial charge in [-0.25, -0.2) is 4.98 Å². The van der Waals surface area contributed by atoms with E-state index in [4.69, 9.17) is 0 Å². The molecule has 6 heteroatoms. The summed E-state index contributed by atoms with van der Waals surface area (Å²) >= 11 is 1.62. The summed E-state index contributed by atoms with van der Waals surface area (Å²) in [5.74, 6) is -0.130. The topological polar surface area (TPSA) is 73.1 Å². The van der Waals surface area contributed by atoms with Crippen molar-refractivity contribution in [2.75, 3.05) is 0 Å². The van der Waals surface area contributed by atoms with E-state index in [-0.39, 0.29) is 11.5 Å². The minimum atomic E-state index is -0.453. The number of hydrogen-bond donors (Lipinski definition) is 0. The summed E-state index contributed by atoms with van der Waals surface area (Å²) in [6.45, 7) is 0. The summed E-state index contributed by atoms with van der Waals surface area (Å²) in [6.07, 6.45) is 3.11. The molecular formula is C22H14N2O3S. The number of aromatic nitrogens is 1. The fourth-order valence-corrected chi connectivity index (χ4v) is 3.72. The smallest absolute Gasteiger partial charge is 0.269 e. The van der Waals surface area contributed by atoms with Gasteiger partial charge in [0.2, 0.25) is 0 Å². The first-order valence-corrected chi connectivity index (χ1v) is 9.35. The summed E-state index contributed by atoms with van der Waals surface area (Å²) in [5.41, 5.74) is 3.26. The van der Waals surface area contributed by atoms with Gasteiger partial charge in [0.05, 0.1) is 15.1 Å². The maximum atomic E-state index is 12.4. The predicted octanol–water partition coefficient (Wildman–Crippen LogP) is 5.77. The van der Waals surface area contributed by atoms with Crippen molar-refractivity contribution in [1.82, 2.24) is 4.98 Å². The van der Waals surface area contributed by atoms with Gasteiger partial charge in [-0.15, -0.1) is 11.3 Å². The Morgan fingerprint density at radius 3 is 2.36 bits per heavy atom. The van der Waals surface area contributed by atoms with Crippen molar-refractivity contribution >= 4 is 39.1 Å². The van der Waals surface area contributed by atoms with Gasteiger partial charge < -0.3 is 0 Å². The number of allylic oxidation sites excluding steroid dienone is 1. The van der Waals surface area contributed by atoms with Gasteiger partial charge in [-0.1, -0.05) is 42.5 Å². The van der Waals surface area contributed by atoms with Crippen molar-refractivity contribution in [2.24, 2.45) is 0 Å². The zero-order valence-electron chi connectivity index (χ0n) is 14.6. The van der Waals surface area contributed by atoms with Gasteiger partial charge in [-0.2, -0.15) is 0 Å². The maximum absolute atomic E-state index is 12.4. The molecule has 0 N–H and O–H groups in total. The van der Waals surface area contributed by atoms with Gasteiger partial charge >= 0.3 is 0 Å². The minimum absolute atomic E-state index is 0.0221. The molecule has 0 radical (unpaired) electrons. The predicted molar refractivity (Wildman–Crippen MR) is 112 cm³/mol. The lowest BCUT2D eigenvalue weighted by Gasteiger charge is -1.99. The molecule has 136 valence electrons. The third kappa shape index (κ3) is 3.72. The van der Waals surface area contributed by atoms with Gasteiger partial charge in [0.25, 0.3) is 5.69 Å². The summed E-state index contributed by atoms with van der Waals surface area (Å²) in [6, 6.07) is 21.4. The molecule has 0 atom stereocenters. The number of nitrogens with zero attached hydrogens (tertiary/aromatic N) is 2. The second-order valence-corrected chi connectivity index (χ2v) is 7.14. The fourth-order valence-electron chi connectivity index (χ4n) is 2.75. The molecule has 0 saturated carbocycles. The molecule has 0 unspecified atom stereocenters. The van der Waals surface area contributed by atoms with Crippen LogP contribution in [-0.4, -0.2) is 15.7 Å². The molecule has 0 amide bonds. The number of ketones is 1. The van der Waals surface area contributed by atoms with E-state index in [2.05, 4.69) is 4.98 Å². The molecule has 0 fully saturated rings. The number of rotatable bonds is 5. The molecule has 1 aromatic heterocycles. The molecule has 4 rings (SSSR count). The van der Waals surface area contributed by atoms with Crippen LogP contribution >= 0.6 is 11.3 Å². The Balaban J connectivity index is 1.49. The van der Waals surface area contributed by atoms with Crippen LogP contribution in [0.15, 0.2) is 78.9 Å². The number of non-ortho nitro benzene ring substituents is 1. The van der Waals surface area contributed by atoms with Crippen molar-refractivity contribution in [2.45, 2.75) is 0 Å². The van der Waals surface area contributed by atoms with Crippen LogP contribution in [0, 0.1) is 10.1 Å². The highest BCUT2D eigenvalue weighted by Gasteiger charge is 2.08. The van der Waals surface area contributed by atoms with E-state index in [1.54, 1.807) is 41.7 Å². The van der Waals surface area contributed by atoms with Crippen molar-refractivity contribution in [3.05, 3.63) is 100 Å². The Morgan fingerprint density at radius 1 is 0.964 bits per heavy atom. The molecule has 0 spiro atoms. The molecule has 5 nitrogen and oxygen atoms in total. The number of benzene rings is 3. The number of hydrogen-bond acceptors (Lipinski definition) is 5. The lowest BCUT2D eigenvalue weighted by molar-refractivity contribution is -0.384. The Bertz CT molecular complexity index is 1160. The van der Waals surface area contributed by atoms with Gasteiger partial charge in [0, 0.05) is 23.3 Å². The Hall–Kier alpha value is -3.64. The fraction of sp³-hybridized carbons (Fsp3) is 0. The van der Waals surface area contributed by atoms with E-state index < -0.39 is 4.92 Å². The lowest BCUT2D eigenvalue weighted by atomic mass is 10.1. The van der Waals surface area contributed by atoms with E-state index in [9.17, 15) is 14.9 Å². The Kier molecular flexibility index (Phi) is 4.78. The van der Waals surface area contributed by atoms with Crippen LogP contribution in [-0.2, 0) is 0 Å². The number of thiazole rings is 1. The summed E-state index contributed by atoms with van der Waals surface area (Å²) in [4.78, 5) is 27.2. The largest absolute Gasteiger partial charge is 0.289 e. The quantitative estimate of drug-likeness (QED) is 0.189. The van der Waals surface area contributed by atoms with Crippen LogP contribution in [0.1, 0.15) is 15.9 Å². The van der Waals surface area contributed by atoms with Gasteiger partial charge in [0.15, 0.2) is 5.78 Å². The number of carbonyl (C=O) groups excluding carboxylic acids is 1. The van der Waals surface area contributed by atoms with E-state index in [1.807, 2.05) is 36.4 Å². The van der Waals surface area contributed by atoms with E-state index >= 15 is 0 Å². The monoisotopic (exact) mass is 386 g/mol. The number of para-hydroxylation sites is 1. The average molecular weight is 386 g/mol. The average Bonchev–Trinajstić information content (AvgIpc) is 3.16.